The number of benzene rings is 1. The van der Waals surface area contributed by atoms with Gasteiger partial charge in [-0.05, 0) is 30.5 Å². The third-order valence-corrected chi connectivity index (χ3v) is 5.73. The smallest absolute Gasteiger partial charge is 0.272 e. The summed E-state index contributed by atoms with van der Waals surface area (Å²) in [6.07, 6.45) is 1.38. The molecule has 1 amide bonds. The van der Waals surface area contributed by atoms with Gasteiger partial charge >= 0.3 is 0 Å². The molecule has 1 aliphatic heterocycles. The number of aromatic nitrogens is 1. The number of hydrogen-bond acceptors (Lipinski definition) is 3. The van der Waals surface area contributed by atoms with Gasteiger partial charge in [-0.15, -0.1) is 0 Å². The van der Waals surface area contributed by atoms with Crippen molar-refractivity contribution in [2.45, 2.75) is 25.0 Å². The topological polar surface area (TPSA) is 51.2 Å². The summed E-state index contributed by atoms with van der Waals surface area (Å²) >= 11 is 23.9. The first-order valence-corrected chi connectivity index (χ1v) is 9.27. The summed E-state index contributed by atoms with van der Waals surface area (Å²) in [5, 5.41) is 2.54. The quantitative estimate of drug-likeness (QED) is 0.644. The van der Waals surface area contributed by atoms with E-state index in [4.69, 9.17) is 51.1 Å². The lowest BCUT2D eigenvalue weighted by Crippen LogP contribution is -2.36. The molecule has 2 aromatic rings. The Balaban J connectivity index is 1.92. The lowest BCUT2D eigenvalue weighted by atomic mass is 9.99. The molecule has 138 valence electrons. The van der Waals surface area contributed by atoms with Crippen LogP contribution < -0.4 is 5.32 Å². The van der Waals surface area contributed by atoms with Crippen molar-refractivity contribution in [1.82, 2.24) is 10.3 Å². The van der Waals surface area contributed by atoms with Crippen molar-refractivity contribution in [2.24, 2.45) is 0 Å². The molecule has 1 aromatic heterocycles. The normalized spacial score (nSPS) is 18.0. The molecule has 0 aliphatic carbocycles. The maximum absolute atomic E-state index is 13.2. The van der Waals surface area contributed by atoms with Gasteiger partial charge in [0.15, 0.2) is 0 Å². The number of ether oxygens (including phenoxy) is 1. The van der Waals surface area contributed by atoms with Gasteiger partial charge in [0, 0.05) is 6.61 Å². The van der Waals surface area contributed by atoms with E-state index in [2.05, 4.69) is 10.3 Å². The van der Waals surface area contributed by atoms with Crippen LogP contribution >= 0.6 is 46.4 Å². The van der Waals surface area contributed by atoms with Crippen molar-refractivity contribution in [3.05, 3.63) is 61.6 Å². The Hall–Kier alpha value is -1.11. The van der Waals surface area contributed by atoms with Crippen molar-refractivity contribution in [3.63, 3.8) is 0 Å². The second-order valence-corrected chi connectivity index (χ2v) is 7.24. The monoisotopic (exact) mass is 436 g/mol. The number of carbonyl (C=O) groups excluding carboxylic acids is 1. The number of carbonyl (C=O) groups is 1. The molecule has 2 unspecified atom stereocenters. The molecule has 0 radical (unpaired) electrons. The minimum atomic E-state index is -0.583. The number of halogens is 5. The van der Waals surface area contributed by atoms with Crippen LogP contribution in [0.25, 0.3) is 0 Å². The molecule has 1 N–H and O–H groups in total. The summed E-state index contributed by atoms with van der Waals surface area (Å²) in [7, 11) is 0. The molecule has 0 saturated carbocycles. The van der Waals surface area contributed by atoms with Crippen molar-refractivity contribution >= 4 is 52.3 Å². The molecule has 0 bridgehead atoms. The number of pyridine rings is 1. The van der Waals surface area contributed by atoms with Crippen LogP contribution in [0.5, 0.6) is 0 Å². The molecular weight excluding hydrogens is 425 g/mol. The van der Waals surface area contributed by atoms with Crippen molar-refractivity contribution in [1.29, 1.82) is 0 Å². The number of hydrogen-bond donors (Lipinski definition) is 1. The fraction of sp³-hybridized carbons (Fsp3) is 0.294. The minimum absolute atomic E-state index is 0.0240. The number of amides is 1. The van der Waals surface area contributed by atoms with Crippen LogP contribution in [0.3, 0.4) is 0 Å². The van der Waals surface area contributed by atoms with Gasteiger partial charge in [0.05, 0.1) is 27.2 Å². The molecule has 1 fully saturated rings. The molecule has 0 spiro atoms. The standard InChI is InChI=1S/C17H13Cl4FN2O2/c18-11-12(19)15(23-16(21)13(11)20)17(25)24-14(10-2-1-7-26-10)8-3-5-9(22)6-4-8/h3-6,10,14H,1-2,7H2,(H,24,25). The van der Waals surface area contributed by atoms with Crippen molar-refractivity contribution < 1.29 is 13.9 Å². The van der Waals surface area contributed by atoms with E-state index in [1.165, 1.54) is 12.1 Å². The molecule has 1 aliphatic rings. The maximum Gasteiger partial charge on any atom is 0.272 e. The summed E-state index contributed by atoms with van der Waals surface area (Å²) in [5.41, 5.74) is 0.560. The van der Waals surface area contributed by atoms with E-state index in [0.29, 0.717) is 12.2 Å². The summed E-state index contributed by atoms with van der Waals surface area (Å²) in [5.74, 6) is -0.951. The Bertz CT molecular complexity index is 827. The fourth-order valence-corrected chi connectivity index (χ4v) is 3.59. The van der Waals surface area contributed by atoms with Crippen LogP contribution in [-0.4, -0.2) is 23.6 Å². The van der Waals surface area contributed by atoms with Crippen LogP contribution in [0, 0.1) is 5.82 Å². The van der Waals surface area contributed by atoms with E-state index in [1.807, 2.05) is 0 Å². The molecule has 3 rings (SSSR count). The van der Waals surface area contributed by atoms with E-state index in [1.54, 1.807) is 12.1 Å². The minimum Gasteiger partial charge on any atom is -0.376 e. The van der Waals surface area contributed by atoms with Crippen LogP contribution in [0.15, 0.2) is 24.3 Å². The average Bonchev–Trinajstić information content (AvgIpc) is 3.16. The first-order valence-electron chi connectivity index (χ1n) is 7.76. The van der Waals surface area contributed by atoms with Crippen LogP contribution in [0.4, 0.5) is 4.39 Å². The van der Waals surface area contributed by atoms with E-state index >= 15 is 0 Å². The summed E-state index contributed by atoms with van der Waals surface area (Å²) in [6, 6.07) is 5.34. The van der Waals surface area contributed by atoms with E-state index < -0.39 is 11.9 Å². The lowest BCUT2D eigenvalue weighted by Gasteiger charge is -2.25. The number of nitrogens with one attached hydrogen (secondary N) is 1. The van der Waals surface area contributed by atoms with Gasteiger partial charge in [-0.2, -0.15) is 0 Å². The highest BCUT2D eigenvalue weighted by atomic mass is 35.5. The highest BCUT2D eigenvalue weighted by molar-refractivity contribution is 6.52. The Morgan fingerprint density at radius 2 is 1.85 bits per heavy atom. The van der Waals surface area contributed by atoms with Gasteiger partial charge in [-0.25, -0.2) is 9.37 Å². The maximum atomic E-state index is 13.2. The van der Waals surface area contributed by atoms with Gasteiger partial charge in [-0.3, -0.25) is 4.79 Å². The number of nitrogens with zero attached hydrogens (tertiary/aromatic N) is 1. The molecular formula is C17H13Cl4FN2O2. The molecule has 1 aromatic carbocycles. The Labute approximate surface area is 169 Å². The van der Waals surface area contributed by atoms with Gasteiger partial charge in [0.2, 0.25) is 0 Å². The van der Waals surface area contributed by atoms with Gasteiger partial charge in [-0.1, -0.05) is 58.5 Å². The van der Waals surface area contributed by atoms with Crippen LogP contribution in [0.2, 0.25) is 20.2 Å². The first kappa shape index (κ1) is 19.6. The largest absolute Gasteiger partial charge is 0.376 e. The van der Waals surface area contributed by atoms with Crippen molar-refractivity contribution in [3.8, 4) is 0 Å². The van der Waals surface area contributed by atoms with Crippen LogP contribution in [-0.2, 0) is 4.74 Å². The van der Waals surface area contributed by atoms with E-state index in [-0.39, 0.29) is 37.8 Å². The molecule has 1 saturated heterocycles. The molecule has 2 atom stereocenters. The van der Waals surface area contributed by atoms with Crippen LogP contribution in [0.1, 0.15) is 34.9 Å². The van der Waals surface area contributed by atoms with Gasteiger partial charge < -0.3 is 10.1 Å². The first-order chi connectivity index (χ1) is 12.4. The zero-order valence-electron chi connectivity index (χ0n) is 13.2. The van der Waals surface area contributed by atoms with Gasteiger partial charge in [0.25, 0.3) is 5.91 Å². The Morgan fingerprint density at radius 1 is 1.15 bits per heavy atom. The highest BCUT2D eigenvalue weighted by Gasteiger charge is 2.30. The van der Waals surface area contributed by atoms with Gasteiger partial charge in [0.1, 0.15) is 16.7 Å². The predicted molar refractivity (Wildman–Crippen MR) is 99.9 cm³/mol. The fourth-order valence-electron chi connectivity index (χ4n) is 2.77. The third kappa shape index (κ3) is 4.07. The third-order valence-electron chi connectivity index (χ3n) is 4.05. The Kier molecular flexibility index (Phi) is 6.25. The zero-order valence-corrected chi connectivity index (χ0v) is 16.3. The average molecular weight is 438 g/mol. The molecule has 9 heteroatoms. The second-order valence-electron chi connectivity index (χ2n) is 5.75. The number of rotatable bonds is 4. The molecule has 4 nitrogen and oxygen atoms in total. The molecule has 26 heavy (non-hydrogen) atoms. The lowest BCUT2D eigenvalue weighted by molar-refractivity contribution is 0.0670. The zero-order chi connectivity index (χ0) is 18.8. The Morgan fingerprint density at radius 3 is 2.46 bits per heavy atom. The molecule has 2 heterocycles. The van der Waals surface area contributed by atoms with Crippen molar-refractivity contribution in [2.75, 3.05) is 6.61 Å². The summed E-state index contributed by atoms with van der Waals surface area (Å²) in [6.45, 7) is 0.593. The van der Waals surface area contributed by atoms with E-state index in [9.17, 15) is 9.18 Å². The summed E-state index contributed by atoms with van der Waals surface area (Å²) in [4.78, 5) is 16.7. The summed E-state index contributed by atoms with van der Waals surface area (Å²) < 4.78 is 18.9. The predicted octanol–water partition coefficient (Wildman–Crippen LogP) is 5.48. The second kappa shape index (κ2) is 8.28. The van der Waals surface area contributed by atoms with E-state index in [0.717, 1.165) is 12.8 Å². The highest BCUT2D eigenvalue weighted by Crippen LogP contribution is 2.36. The SMILES string of the molecule is O=C(NC(c1ccc(F)cc1)C1CCCO1)c1nc(Cl)c(Cl)c(Cl)c1Cl.